The minimum Gasteiger partial charge on any atom is -0.496 e. The van der Waals surface area contributed by atoms with Gasteiger partial charge in [0.05, 0.1) is 36.2 Å². The van der Waals surface area contributed by atoms with Crippen molar-refractivity contribution >= 4 is 51.5 Å². The van der Waals surface area contributed by atoms with Crippen LogP contribution in [0.1, 0.15) is 17.2 Å². The van der Waals surface area contributed by atoms with Crippen LogP contribution in [0.5, 0.6) is 5.75 Å². The van der Waals surface area contributed by atoms with Crippen molar-refractivity contribution in [3.05, 3.63) is 58.3 Å². The summed E-state index contributed by atoms with van der Waals surface area (Å²) < 4.78 is 25.6. The van der Waals surface area contributed by atoms with Crippen LogP contribution in [0.4, 0.5) is 23.1 Å². The van der Waals surface area contributed by atoms with Crippen LogP contribution in [-0.4, -0.2) is 65.1 Å². The third kappa shape index (κ3) is 6.20. The predicted molar refractivity (Wildman–Crippen MR) is 161 cm³/mol. The first-order valence-corrected chi connectivity index (χ1v) is 16.2. The highest BCUT2D eigenvalue weighted by Gasteiger charge is 2.22. The van der Waals surface area contributed by atoms with E-state index in [1.54, 1.807) is 39.9 Å². The Balaban J connectivity index is 1.43. The smallest absolute Gasteiger partial charge is 0.229 e. The molecule has 5 rings (SSSR count). The molecule has 2 aromatic carbocycles. The van der Waals surface area contributed by atoms with Gasteiger partial charge in [-0.25, -0.2) is 4.98 Å². The molecule has 11 nitrogen and oxygen atoms in total. The number of halogens is 1. The zero-order valence-electron chi connectivity index (χ0n) is 23.0. The fraction of sp³-hybridized carbons (Fsp3) is 0.333. The summed E-state index contributed by atoms with van der Waals surface area (Å²) in [6, 6.07) is 9.71. The average molecular weight is 627 g/mol. The molecule has 1 aliphatic rings. The van der Waals surface area contributed by atoms with Crippen LogP contribution in [-0.2, 0) is 16.3 Å². The Kier molecular flexibility index (Phi) is 8.23. The molecule has 0 saturated carbocycles. The molecule has 1 unspecified atom stereocenters. The maximum Gasteiger partial charge on any atom is 0.229 e. The average Bonchev–Trinajstić information content (AvgIpc) is 3.37. The van der Waals surface area contributed by atoms with E-state index >= 15 is 0 Å². The molecule has 1 atom stereocenters. The maximum absolute atomic E-state index is 13.3. The normalized spacial score (nSPS) is 15.6. The number of hydrogen-bond acceptors (Lipinski definition) is 10. The predicted octanol–water partition coefficient (Wildman–Crippen LogP) is 4.75. The lowest BCUT2D eigenvalue weighted by molar-refractivity contribution is 0.0262. The molecule has 3 heterocycles. The Morgan fingerprint density at radius 3 is 2.67 bits per heavy atom. The minimum atomic E-state index is -2.67. The number of anilines is 4. The van der Waals surface area contributed by atoms with E-state index in [9.17, 15) is 4.57 Å². The second-order valence-electron chi connectivity index (χ2n) is 9.91. The van der Waals surface area contributed by atoms with E-state index < -0.39 is 7.14 Å². The van der Waals surface area contributed by atoms with Gasteiger partial charge in [-0.2, -0.15) is 20.0 Å². The van der Waals surface area contributed by atoms with E-state index in [-0.39, 0.29) is 6.10 Å². The van der Waals surface area contributed by atoms with E-state index in [0.717, 1.165) is 41.2 Å². The van der Waals surface area contributed by atoms with Gasteiger partial charge in [0.15, 0.2) is 0 Å². The molecule has 1 fully saturated rings. The molecule has 1 aliphatic heterocycles. The molecule has 3 N–H and O–H groups in total. The number of benzene rings is 2. The lowest BCUT2D eigenvalue weighted by atomic mass is 10.0. The van der Waals surface area contributed by atoms with Gasteiger partial charge in [-0.05, 0) is 59.9 Å². The first-order valence-electron chi connectivity index (χ1n) is 12.8. The minimum absolute atomic E-state index is 0.0705. The van der Waals surface area contributed by atoms with Gasteiger partial charge in [0.2, 0.25) is 5.95 Å². The van der Waals surface area contributed by atoms with Crippen LogP contribution >= 0.6 is 23.1 Å². The van der Waals surface area contributed by atoms with E-state index in [1.807, 2.05) is 31.2 Å². The number of hydrogen-bond donors (Lipinski definition) is 3. The number of aromatic nitrogens is 5. The second-order valence-corrected chi connectivity index (χ2v) is 14.0. The van der Waals surface area contributed by atoms with Crippen molar-refractivity contribution in [1.29, 1.82) is 0 Å². The lowest BCUT2D eigenvalue weighted by Gasteiger charge is -2.26. The summed E-state index contributed by atoms with van der Waals surface area (Å²) in [5.41, 5.74) is 5.06. The SMILES string of the molecule is COc1cc(Nc2ncc(Br)c(Nc3ccc(-c4cnn(C)n4)cc3P(C)(C)=O)n2)c(C)cc1C1CNCCO1. The van der Waals surface area contributed by atoms with E-state index in [1.165, 1.54) is 4.80 Å². The highest BCUT2D eigenvalue weighted by atomic mass is 79.9. The zero-order chi connectivity index (χ0) is 28.4. The number of ether oxygens (including phenoxy) is 2. The van der Waals surface area contributed by atoms with Crippen molar-refractivity contribution in [1.82, 2.24) is 30.3 Å². The number of methoxy groups -OCH3 is 1. The van der Waals surface area contributed by atoms with E-state index in [4.69, 9.17) is 14.5 Å². The number of rotatable bonds is 8. The van der Waals surface area contributed by atoms with Gasteiger partial charge < -0.3 is 30.0 Å². The van der Waals surface area contributed by atoms with Gasteiger partial charge in [0.25, 0.3) is 0 Å². The Bertz CT molecular complexity index is 1580. The Morgan fingerprint density at radius 2 is 2.00 bits per heavy atom. The monoisotopic (exact) mass is 626 g/mol. The Labute approximate surface area is 241 Å². The molecular formula is C27H32BrN8O3P. The lowest BCUT2D eigenvalue weighted by Crippen LogP contribution is -2.33. The number of morpholine rings is 1. The summed E-state index contributed by atoms with van der Waals surface area (Å²) >= 11 is 3.55. The molecule has 0 bridgehead atoms. The molecule has 210 valence electrons. The maximum atomic E-state index is 13.3. The third-order valence-corrected chi connectivity index (χ3v) is 8.68. The second kappa shape index (κ2) is 11.7. The van der Waals surface area contributed by atoms with Gasteiger partial charge in [-0.15, -0.1) is 0 Å². The first-order chi connectivity index (χ1) is 19.1. The third-order valence-electron chi connectivity index (χ3n) is 6.57. The molecule has 40 heavy (non-hydrogen) atoms. The summed E-state index contributed by atoms with van der Waals surface area (Å²) in [6.07, 6.45) is 3.29. The topological polar surface area (TPSA) is 128 Å². The standard InChI is InChI=1S/C27H32BrN8O3P/c1-16-10-18(24-15-29-8-9-39-24)23(38-3)12-21(16)33-27-30-13-19(28)26(34-27)32-20-7-6-17(11-25(20)40(4,5)37)22-14-31-36(2)35-22/h6-7,10-14,24,29H,8-9,15H2,1-5H3,(H2,30,32,33,34). The number of nitrogens with zero attached hydrogens (tertiary/aromatic N) is 5. The van der Waals surface area contributed by atoms with E-state index in [2.05, 4.69) is 53.1 Å². The largest absolute Gasteiger partial charge is 0.496 e. The van der Waals surface area contributed by atoms with Crippen molar-refractivity contribution in [2.75, 3.05) is 50.8 Å². The van der Waals surface area contributed by atoms with Gasteiger partial charge in [0.1, 0.15) is 24.4 Å². The van der Waals surface area contributed by atoms with Crippen molar-refractivity contribution in [3.8, 4) is 17.0 Å². The fourth-order valence-corrected chi connectivity index (χ4v) is 5.97. The summed E-state index contributed by atoms with van der Waals surface area (Å²) in [5.74, 6) is 1.65. The van der Waals surface area contributed by atoms with Crippen molar-refractivity contribution in [2.45, 2.75) is 13.0 Å². The van der Waals surface area contributed by atoms with Crippen LogP contribution < -0.4 is 26.0 Å². The van der Waals surface area contributed by atoms with Crippen molar-refractivity contribution in [3.63, 3.8) is 0 Å². The van der Waals surface area contributed by atoms with Crippen LogP contribution in [0, 0.1) is 6.92 Å². The highest BCUT2D eigenvalue weighted by molar-refractivity contribution is 9.10. The quantitative estimate of drug-likeness (QED) is 0.236. The van der Waals surface area contributed by atoms with Crippen LogP contribution in [0.2, 0.25) is 0 Å². The molecule has 0 amide bonds. The summed E-state index contributed by atoms with van der Waals surface area (Å²) in [4.78, 5) is 10.7. The van der Waals surface area contributed by atoms with Gasteiger partial charge in [-0.3, -0.25) is 0 Å². The highest BCUT2D eigenvalue weighted by Crippen LogP contribution is 2.40. The Morgan fingerprint density at radius 1 is 1.18 bits per heavy atom. The molecule has 1 saturated heterocycles. The summed E-state index contributed by atoms with van der Waals surface area (Å²) in [7, 11) is 0.746. The van der Waals surface area contributed by atoms with Gasteiger partial charge >= 0.3 is 0 Å². The van der Waals surface area contributed by atoms with Crippen molar-refractivity contribution in [2.24, 2.45) is 7.05 Å². The van der Waals surface area contributed by atoms with Crippen LogP contribution in [0.25, 0.3) is 11.3 Å². The van der Waals surface area contributed by atoms with E-state index in [0.29, 0.717) is 39.5 Å². The molecule has 2 aromatic heterocycles. The van der Waals surface area contributed by atoms with Gasteiger partial charge in [0, 0.05) is 54.5 Å². The molecule has 4 aromatic rings. The first kappa shape index (κ1) is 28.2. The summed E-state index contributed by atoms with van der Waals surface area (Å²) in [5, 5.41) is 19.2. The zero-order valence-corrected chi connectivity index (χ0v) is 25.5. The molecular weight excluding hydrogens is 595 g/mol. The fourth-order valence-electron chi connectivity index (χ4n) is 4.52. The van der Waals surface area contributed by atoms with Crippen LogP contribution in [0.3, 0.4) is 0 Å². The number of aryl methyl sites for hydroxylation is 2. The molecule has 0 aliphatic carbocycles. The van der Waals surface area contributed by atoms with Gasteiger partial charge in [-0.1, -0.05) is 6.07 Å². The number of nitrogens with one attached hydrogen (secondary N) is 3. The molecule has 13 heteroatoms. The molecule has 0 radical (unpaired) electrons. The van der Waals surface area contributed by atoms with Crippen LogP contribution in [0.15, 0.2) is 47.2 Å². The summed E-state index contributed by atoms with van der Waals surface area (Å²) in [6.45, 7) is 7.73. The molecule has 0 spiro atoms. The Hall–Kier alpha value is -3.31. The van der Waals surface area contributed by atoms with Crippen molar-refractivity contribution < 1.29 is 14.0 Å².